The normalized spacial score (nSPS) is 11.6. The molecule has 1 heterocycles. The molecule has 0 amide bonds. The predicted molar refractivity (Wildman–Crippen MR) is 108 cm³/mol. The Morgan fingerprint density at radius 3 is 2.69 bits per heavy atom. The van der Waals surface area contributed by atoms with Gasteiger partial charge in [0, 0.05) is 11.5 Å². The zero-order valence-corrected chi connectivity index (χ0v) is 16.4. The minimum atomic E-state index is -1.20. The second-order valence-electron chi connectivity index (χ2n) is 6.18. The van der Waals surface area contributed by atoms with Gasteiger partial charge in [-0.05, 0) is 30.7 Å². The number of ether oxygens (including phenoxy) is 1. The highest BCUT2D eigenvalue weighted by Gasteiger charge is 2.22. The summed E-state index contributed by atoms with van der Waals surface area (Å²) < 4.78 is 10.7. The molecule has 1 atom stereocenters. The number of aromatic nitrogens is 1. The van der Waals surface area contributed by atoms with Gasteiger partial charge in [-0.15, -0.1) is 0 Å². The molecule has 146 valence electrons. The summed E-state index contributed by atoms with van der Waals surface area (Å²) >= 11 is 1.34. The van der Waals surface area contributed by atoms with E-state index >= 15 is 0 Å². The number of nitrogens with zero attached hydrogens (tertiary/aromatic N) is 2. The number of para-hydroxylation sites is 2. The summed E-state index contributed by atoms with van der Waals surface area (Å²) in [4.78, 5) is 28.8. The summed E-state index contributed by atoms with van der Waals surface area (Å²) in [6.07, 6.45) is 0. The number of Topliss-reactive ketones (excluding diaryl/α,β-unsaturated/α-hetero) is 1. The third-order valence-electron chi connectivity index (χ3n) is 4.09. The van der Waals surface area contributed by atoms with Gasteiger partial charge in [0.2, 0.25) is 0 Å². The molecule has 0 radical (unpaired) electrons. The van der Waals surface area contributed by atoms with Gasteiger partial charge in [0.05, 0.1) is 11.6 Å². The minimum absolute atomic E-state index is 0.0799. The van der Waals surface area contributed by atoms with Crippen molar-refractivity contribution in [1.29, 1.82) is 10.7 Å². The number of ketones is 1. The van der Waals surface area contributed by atoms with Gasteiger partial charge in [-0.2, -0.15) is 5.26 Å². The summed E-state index contributed by atoms with van der Waals surface area (Å²) in [5.74, 6) is -2.06. The van der Waals surface area contributed by atoms with E-state index < -0.39 is 24.3 Å². The lowest BCUT2D eigenvalue weighted by Crippen LogP contribution is -2.25. The highest BCUT2D eigenvalue weighted by molar-refractivity contribution is 7.98. The van der Waals surface area contributed by atoms with Gasteiger partial charge in [0.25, 0.3) is 5.22 Å². The smallest absolute Gasteiger partial charge is 0.338 e. The molecular weight excluding hydrogens is 390 g/mol. The Balaban J connectivity index is 1.66. The fourth-order valence-corrected chi connectivity index (χ4v) is 3.45. The van der Waals surface area contributed by atoms with E-state index in [1.165, 1.54) is 18.7 Å². The fourth-order valence-electron chi connectivity index (χ4n) is 2.61. The molecule has 0 aliphatic carbocycles. The molecule has 1 aromatic heterocycles. The number of oxazole rings is 1. The van der Waals surface area contributed by atoms with Crippen molar-refractivity contribution in [3.63, 3.8) is 0 Å². The highest BCUT2D eigenvalue weighted by atomic mass is 32.2. The number of benzene rings is 2. The van der Waals surface area contributed by atoms with Gasteiger partial charge in [0.1, 0.15) is 11.4 Å². The number of nitriles is 1. The van der Waals surface area contributed by atoms with Gasteiger partial charge in [-0.1, -0.05) is 42.1 Å². The number of esters is 1. The molecule has 0 spiro atoms. The lowest BCUT2D eigenvalue weighted by molar-refractivity contribution is -0.122. The first-order chi connectivity index (χ1) is 14.0. The Labute approximate surface area is 171 Å². The van der Waals surface area contributed by atoms with E-state index in [1.807, 2.05) is 24.3 Å². The first kappa shape index (κ1) is 20.3. The van der Waals surface area contributed by atoms with Crippen LogP contribution in [0.25, 0.3) is 11.1 Å². The van der Waals surface area contributed by atoms with Crippen molar-refractivity contribution in [2.24, 2.45) is 5.92 Å². The van der Waals surface area contributed by atoms with Gasteiger partial charge >= 0.3 is 5.97 Å². The number of fused-ring (bicyclic) bond motifs is 1. The molecule has 3 aromatic rings. The maximum Gasteiger partial charge on any atom is 0.338 e. The summed E-state index contributed by atoms with van der Waals surface area (Å²) in [6.45, 7) is 0.812. The van der Waals surface area contributed by atoms with Crippen molar-refractivity contribution in [3.05, 3.63) is 59.7 Å². The molecule has 1 unspecified atom stereocenters. The van der Waals surface area contributed by atoms with Crippen LogP contribution in [0.1, 0.15) is 22.8 Å². The van der Waals surface area contributed by atoms with Gasteiger partial charge in [-0.3, -0.25) is 4.79 Å². The Morgan fingerprint density at radius 2 is 1.97 bits per heavy atom. The number of hydrogen-bond donors (Lipinski definition) is 1. The molecule has 0 fully saturated rings. The van der Waals surface area contributed by atoms with Crippen molar-refractivity contribution >= 4 is 40.3 Å². The van der Waals surface area contributed by atoms with E-state index in [0.29, 0.717) is 27.7 Å². The standard InChI is InChI=1S/C21H17N3O4S/c1-13(23)16(10-22)18(25)11-27-20(26)15-7-3-2-6-14(15)12-29-21-24-17-8-4-5-9-19(17)28-21/h2-9,16,23H,11-12H2,1H3. The Kier molecular flexibility index (Phi) is 6.42. The largest absolute Gasteiger partial charge is 0.454 e. The lowest BCUT2D eigenvalue weighted by atomic mass is 10.0. The minimum Gasteiger partial charge on any atom is -0.454 e. The van der Waals surface area contributed by atoms with Crippen molar-refractivity contribution in [2.75, 3.05) is 6.61 Å². The van der Waals surface area contributed by atoms with Crippen molar-refractivity contribution < 1.29 is 18.7 Å². The number of carbonyl (C=O) groups excluding carboxylic acids is 2. The maximum absolute atomic E-state index is 12.4. The van der Waals surface area contributed by atoms with Crippen LogP contribution in [0.4, 0.5) is 0 Å². The topological polar surface area (TPSA) is 117 Å². The number of rotatable bonds is 8. The third kappa shape index (κ3) is 4.89. The van der Waals surface area contributed by atoms with Gasteiger partial charge in [0.15, 0.2) is 18.0 Å². The van der Waals surface area contributed by atoms with E-state index in [2.05, 4.69) is 4.98 Å². The molecule has 0 aliphatic heterocycles. The quantitative estimate of drug-likeness (QED) is 0.340. The van der Waals surface area contributed by atoms with Crippen molar-refractivity contribution in [2.45, 2.75) is 17.9 Å². The molecule has 8 heteroatoms. The van der Waals surface area contributed by atoms with Crippen molar-refractivity contribution in [3.8, 4) is 6.07 Å². The summed E-state index contributed by atoms with van der Waals surface area (Å²) in [5.41, 5.74) is 2.40. The summed E-state index contributed by atoms with van der Waals surface area (Å²) in [6, 6.07) is 16.1. The SMILES string of the molecule is CC(=N)C(C#N)C(=O)COC(=O)c1ccccc1CSc1nc2ccccc2o1. The summed E-state index contributed by atoms with van der Waals surface area (Å²) in [7, 11) is 0. The van der Waals surface area contributed by atoms with Gasteiger partial charge in [-0.25, -0.2) is 9.78 Å². The molecule has 3 rings (SSSR count). The van der Waals surface area contributed by atoms with Crippen LogP contribution in [-0.4, -0.2) is 29.1 Å². The first-order valence-corrected chi connectivity index (χ1v) is 9.69. The predicted octanol–water partition coefficient (Wildman–Crippen LogP) is 4.03. The van der Waals surface area contributed by atoms with E-state index in [9.17, 15) is 9.59 Å². The summed E-state index contributed by atoms with van der Waals surface area (Å²) in [5, 5.41) is 16.9. The first-order valence-electron chi connectivity index (χ1n) is 8.70. The number of nitrogens with one attached hydrogen (secondary N) is 1. The van der Waals surface area contributed by atoms with E-state index in [-0.39, 0.29) is 5.71 Å². The highest BCUT2D eigenvalue weighted by Crippen LogP contribution is 2.27. The van der Waals surface area contributed by atoms with Gasteiger partial charge < -0.3 is 14.6 Å². The van der Waals surface area contributed by atoms with E-state index in [0.717, 1.165) is 5.52 Å². The monoisotopic (exact) mass is 407 g/mol. The molecule has 0 saturated carbocycles. The van der Waals surface area contributed by atoms with Crippen LogP contribution in [0.15, 0.2) is 58.2 Å². The van der Waals surface area contributed by atoms with Crippen LogP contribution in [0.5, 0.6) is 0 Å². The zero-order valence-electron chi connectivity index (χ0n) is 15.5. The second kappa shape index (κ2) is 9.17. The molecular formula is C21H17N3O4S. The Morgan fingerprint density at radius 1 is 1.24 bits per heavy atom. The molecule has 29 heavy (non-hydrogen) atoms. The average molecular weight is 407 g/mol. The molecule has 0 bridgehead atoms. The third-order valence-corrected chi connectivity index (χ3v) is 4.97. The Hall–Kier alpha value is -3.44. The molecule has 2 aromatic carbocycles. The fraction of sp³-hybridized carbons (Fsp3) is 0.190. The van der Waals surface area contributed by atoms with Crippen LogP contribution < -0.4 is 0 Å². The van der Waals surface area contributed by atoms with E-state index in [4.69, 9.17) is 19.8 Å². The molecule has 0 saturated heterocycles. The molecule has 7 nitrogen and oxygen atoms in total. The average Bonchev–Trinajstić information content (AvgIpc) is 3.14. The van der Waals surface area contributed by atoms with Crippen LogP contribution in [0, 0.1) is 22.7 Å². The van der Waals surface area contributed by atoms with Crippen LogP contribution >= 0.6 is 11.8 Å². The molecule has 1 N–H and O–H groups in total. The number of carbonyl (C=O) groups is 2. The van der Waals surface area contributed by atoms with Crippen LogP contribution in [0.3, 0.4) is 0 Å². The van der Waals surface area contributed by atoms with Crippen LogP contribution in [0.2, 0.25) is 0 Å². The number of thioether (sulfide) groups is 1. The zero-order chi connectivity index (χ0) is 20.8. The van der Waals surface area contributed by atoms with Crippen molar-refractivity contribution in [1.82, 2.24) is 4.98 Å². The lowest BCUT2D eigenvalue weighted by Gasteiger charge is -2.10. The Bertz CT molecular complexity index is 1080. The maximum atomic E-state index is 12.4. The number of hydrogen-bond acceptors (Lipinski definition) is 8. The van der Waals surface area contributed by atoms with E-state index in [1.54, 1.807) is 30.3 Å². The van der Waals surface area contributed by atoms with Crippen LogP contribution in [-0.2, 0) is 15.3 Å². The second-order valence-corrected chi connectivity index (χ2v) is 7.11. The molecule has 0 aliphatic rings.